The molecule has 0 aliphatic heterocycles. The molecule has 0 aromatic rings. The van der Waals surface area contributed by atoms with Gasteiger partial charge in [0.15, 0.2) is 0 Å². The second-order valence-electron chi connectivity index (χ2n) is 4.51. The van der Waals surface area contributed by atoms with Crippen LogP contribution in [0.15, 0.2) is 34.6 Å². The van der Waals surface area contributed by atoms with Crippen LogP contribution in [0.5, 0.6) is 0 Å². The predicted molar refractivity (Wildman–Crippen MR) is 79.1 cm³/mol. The number of allylic oxidation sites excluding steroid dienone is 6. The summed E-state index contributed by atoms with van der Waals surface area (Å²) in [5, 5.41) is 3.18. The maximum atomic E-state index is 3.18. The summed E-state index contributed by atoms with van der Waals surface area (Å²) >= 11 is 0. The third-order valence-corrected chi connectivity index (χ3v) is 3.30. The van der Waals surface area contributed by atoms with E-state index >= 15 is 0 Å². The molecule has 98 valence electrons. The zero-order chi connectivity index (χ0) is 13.3. The number of nitrogens with one attached hydrogen (secondary N) is 1. The van der Waals surface area contributed by atoms with Gasteiger partial charge in [-0.25, -0.2) is 0 Å². The summed E-state index contributed by atoms with van der Waals surface area (Å²) in [6.07, 6.45) is 9.41. The fraction of sp³-hybridized carbons (Fsp3) is 0.625. The minimum Gasteiger partial charge on any atom is -0.392 e. The van der Waals surface area contributed by atoms with Crippen molar-refractivity contribution in [3.63, 3.8) is 0 Å². The molecule has 0 aromatic carbocycles. The Hall–Kier alpha value is -0.980. The molecular weight excluding hydrogens is 206 g/mol. The van der Waals surface area contributed by atoms with E-state index in [0.717, 1.165) is 6.42 Å². The van der Waals surface area contributed by atoms with Crippen LogP contribution in [0.4, 0.5) is 0 Å². The summed E-state index contributed by atoms with van der Waals surface area (Å²) < 4.78 is 0. The Morgan fingerprint density at radius 3 is 2.24 bits per heavy atom. The third kappa shape index (κ3) is 5.76. The van der Waals surface area contributed by atoms with Crippen molar-refractivity contribution in [1.82, 2.24) is 5.32 Å². The van der Waals surface area contributed by atoms with Crippen molar-refractivity contribution < 1.29 is 0 Å². The number of unbranched alkanes of at least 4 members (excludes halogenated alkanes) is 1. The smallest absolute Gasteiger partial charge is 0.00784 e. The van der Waals surface area contributed by atoms with Crippen LogP contribution in [-0.2, 0) is 0 Å². The number of hydrogen-bond donors (Lipinski definition) is 1. The molecule has 17 heavy (non-hydrogen) atoms. The number of rotatable bonds is 7. The maximum absolute atomic E-state index is 3.18. The quantitative estimate of drug-likeness (QED) is 0.614. The minimum atomic E-state index is 1.16. The Morgan fingerprint density at radius 1 is 1.18 bits per heavy atom. The first-order valence-electron chi connectivity index (χ1n) is 6.81. The average molecular weight is 235 g/mol. The van der Waals surface area contributed by atoms with E-state index in [2.05, 4.69) is 52.1 Å². The molecule has 1 heteroatoms. The van der Waals surface area contributed by atoms with Crippen LogP contribution in [-0.4, -0.2) is 7.05 Å². The molecule has 0 aliphatic rings. The molecule has 0 bridgehead atoms. The molecule has 0 rings (SSSR count). The van der Waals surface area contributed by atoms with Gasteiger partial charge in [0, 0.05) is 12.7 Å². The normalized spacial score (nSPS) is 14.7. The standard InChI is InChI=1S/C16H29N/c1-7-10-11-15(8-2)14(5)16(9-3)12-13(4)17-6/h9,12,17H,7-8,10-11H2,1-6H3/b13-12-,15-14-,16-9+. The molecule has 0 aromatic heterocycles. The molecule has 0 fully saturated rings. The Kier molecular flexibility index (Phi) is 8.57. The molecule has 0 spiro atoms. The van der Waals surface area contributed by atoms with Crippen LogP contribution in [0.3, 0.4) is 0 Å². The molecule has 0 amide bonds. The molecule has 0 unspecified atom stereocenters. The SMILES string of the molecule is C/C=C(\C=C(\C)NC)C(/C)=C(/CC)CCCC. The van der Waals surface area contributed by atoms with Gasteiger partial charge in [0.2, 0.25) is 0 Å². The fourth-order valence-corrected chi connectivity index (χ4v) is 1.94. The van der Waals surface area contributed by atoms with Gasteiger partial charge in [-0.05, 0) is 57.3 Å². The first kappa shape index (κ1) is 16.0. The van der Waals surface area contributed by atoms with Crippen molar-refractivity contribution in [3.05, 3.63) is 34.6 Å². The third-order valence-electron chi connectivity index (χ3n) is 3.30. The van der Waals surface area contributed by atoms with E-state index in [1.807, 2.05) is 7.05 Å². The van der Waals surface area contributed by atoms with Crippen LogP contribution in [0.2, 0.25) is 0 Å². The molecule has 0 atom stereocenters. The Bertz CT molecular complexity index is 305. The van der Waals surface area contributed by atoms with Crippen LogP contribution >= 0.6 is 0 Å². The van der Waals surface area contributed by atoms with Crippen molar-refractivity contribution in [2.45, 2.75) is 60.3 Å². The van der Waals surface area contributed by atoms with E-state index in [1.54, 1.807) is 5.57 Å². The van der Waals surface area contributed by atoms with Crippen LogP contribution < -0.4 is 5.32 Å². The molecular formula is C16H29N. The lowest BCUT2D eigenvalue weighted by Gasteiger charge is -2.12. The molecule has 0 radical (unpaired) electrons. The van der Waals surface area contributed by atoms with E-state index in [0.29, 0.717) is 0 Å². The van der Waals surface area contributed by atoms with Gasteiger partial charge in [0.25, 0.3) is 0 Å². The summed E-state index contributed by atoms with van der Waals surface area (Å²) in [5.74, 6) is 0. The van der Waals surface area contributed by atoms with E-state index in [1.165, 1.54) is 36.1 Å². The molecule has 0 heterocycles. The summed E-state index contributed by atoms with van der Waals surface area (Å²) in [7, 11) is 1.97. The van der Waals surface area contributed by atoms with Gasteiger partial charge in [-0.1, -0.05) is 31.9 Å². The van der Waals surface area contributed by atoms with Crippen LogP contribution in [0.1, 0.15) is 60.3 Å². The van der Waals surface area contributed by atoms with Crippen molar-refractivity contribution in [2.75, 3.05) is 7.05 Å². The van der Waals surface area contributed by atoms with Gasteiger partial charge >= 0.3 is 0 Å². The second kappa shape index (κ2) is 9.09. The Morgan fingerprint density at radius 2 is 1.82 bits per heavy atom. The van der Waals surface area contributed by atoms with Crippen molar-refractivity contribution in [3.8, 4) is 0 Å². The highest BCUT2D eigenvalue weighted by Crippen LogP contribution is 2.23. The first-order chi connectivity index (χ1) is 8.10. The van der Waals surface area contributed by atoms with Gasteiger partial charge in [0.05, 0.1) is 0 Å². The van der Waals surface area contributed by atoms with Crippen molar-refractivity contribution in [1.29, 1.82) is 0 Å². The minimum absolute atomic E-state index is 1.16. The van der Waals surface area contributed by atoms with Crippen molar-refractivity contribution >= 4 is 0 Å². The lowest BCUT2D eigenvalue weighted by Crippen LogP contribution is -2.02. The van der Waals surface area contributed by atoms with Crippen molar-refractivity contribution in [2.24, 2.45) is 0 Å². The van der Waals surface area contributed by atoms with E-state index in [4.69, 9.17) is 0 Å². The second-order valence-corrected chi connectivity index (χ2v) is 4.51. The topological polar surface area (TPSA) is 12.0 Å². The summed E-state index contributed by atoms with van der Waals surface area (Å²) in [4.78, 5) is 0. The average Bonchev–Trinajstić information content (AvgIpc) is 2.36. The van der Waals surface area contributed by atoms with E-state index in [-0.39, 0.29) is 0 Å². The van der Waals surface area contributed by atoms with E-state index < -0.39 is 0 Å². The lowest BCUT2D eigenvalue weighted by atomic mass is 9.95. The summed E-state index contributed by atoms with van der Waals surface area (Å²) in [5.41, 5.74) is 5.62. The van der Waals surface area contributed by atoms with Crippen LogP contribution in [0.25, 0.3) is 0 Å². The van der Waals surface area contributed by atoms with Gasteiger partial charge in [-0.15, -0.1) is 0 Å². The molecule has 0 aliphatic carbocycles. The summed E-state index contributed by atoms with van der Waals surface area (Å²) in [6.45, 7) is 11.0. The zero-order valence-electron chi connectivity index (χ0n) is 12.5. The molecule has 0 saturated carbocycles. The summed E-state index contributed by atoms with van der Waals surface area (Å²) in [6, 6.07) is 0. The largest absolute Gasteiger partial charge is 0.392 e. The number of hydrogen-bond acceptors (Lipinski definition) is 1. The van der Waals surface area contributed by atoms with Gasteiger partial charge in [-0.3, -0.25) is 0 Å². The predicted octanol–water partition coefficient (Wildman–Crippen LogP) is 4.97. The molecule has 1 nitrogen and oxygen atoms in total. The van der Waals surface area contributed by atoms with Gasteiger partial charge in [0.1, 0.15) is 0 Å². The Labute approximate surface area is 108 Å². The van der Waals surface area contributed by atoms with Gasteiger partial charge < -0.3 is 5.32 Å². The van der Waals surface area contributed by atoms with Crippen LogP contribution in [0, 0.1) is 0 Å². The molecule has 1 N–H and O–H groups in total. The highest BCUT2D eigenvalue weighted by Gasteiger charge is 2.04. The fourth-order valence-electron chi connectivity index (χ4n) is 1.94. The first-order valence-corrected chi connectivity index (χ1v) is 6.81. The highest BCUT2D eigenvalue weighted by atomic mass is 14.8. The maximum Gasteiger partial charge on any atom is 0.00784 e. The molecule has 0 saturated heterocycles. The van der Waals surface area contributed by atoms with Gasteiger partial charge in [-0.2, -0.15) is 0 Å². The monoisotopic (exact) mass is 235 g/mol. The lowest BCUT2D eigenvalue weighted by molar-refractivity contribution is 0.759. The highest BCUT2D eigenvalue weighted by molar-refractivity contribution is 5.42. The zero-order valence-corrected chi connectivity index (χ0v) is 12.5. The van der Waals surface area contributed by atoms with E-state index in [9.17, 15) is 0 Å². The Balaban J connectivity index is 5.04.